The Morgan fingerprint density at radius 1 is 1.07 bits per heavy atom. The van der Waals surface area contributed by atoms with Crippen molar-refractivity contribution in [1.29, 1.82) is 0 Å². The van der Waals surface area contributed by atoms with Gasteiger partial charge in [-0.1, -0.05) is 26.0 Å². The molecule has 0 spiro atoms. The second-order valence-corrected chi connectivity index (χ2v) is 20.1. The fraction of sp³-hybridized carbons (Fsp3) is 0.651. The minimum absolute atomic E-state index is 0.0302. The average molecular weight is 843 g/mol. The molecule has 322 valence electrons. The van der Waals surface area contributed by atoms with Gasteiger partial charge < -0.3 is 24.0 Å². The standard InChI is InChI=1S/C43H56F2N4O9S/c1-25-9-7-8-10-27-22-43(27,40(53)47-59(54,55)29-11-12-29)23-35(50)34-20-28(57-38-31-13-14-33-37(30(31)15-16-46-38)56-18-17-48(33)6)24-49(34)39(52)32(26(2)19-25)21-36(51)58-41(3,4)42(5,44)45/h8,10,13-16,25-29,32,34H,7,9,11-12,17-24H2,1-6H3,(H,47,53)/b10-8-/t25-,26+,27+,28+,32-,34-,43+/m0/s1. The fourth-order valence-corrected chi connectivity index (χ4v) is 10.3. The highest BCUT2D eigenvalue weighted by Gasteiger charge is 2.62. The second kappa shape index (κ2) is 15.9. The number of hydrogen-bond acceptors (Lipinski definition) is 11. The van der Waals surface area contributed by atoms with Crippen molar-refractivity contribution in [2.45, 2.75) is 121 Å². The normalized spacial score (nSPS) is 29.9. The highest BCUT2D eigenvalue weighted by atomic mass is 32.2. The molecule has 3 fully saturated rings. The minimum atomic E-state index is -3.91. The number of nitrogens with one attached hydrogen (secondary N) is 1. The van der Waals surface area contributed by atoms with Crippen LogP contribution in [-0.2, 0) is 33.9 Å². The molecule has 2 saturated carbocycles. The SMILES string of the molecule is C[C@H]1CC/C=C\[C@@H]2C[C@@]2(C(=O)NS(=O)(=O)C2CC2)CC(=O)[C@@H]2C[C@@H](Oc3nccc4c5c(ccc34)N(C)CCO5)CN2C(=O)[C@@H](CC(=O)OC(C)(C)C(C)(F)F)[C@H](C)C1. The van der Waals surface area contributed by atoms with E-state index in [1.165, 1.54) is 4.90 Å². The number of hydrogen-bond donors (Lipinski definition) is 1. The van der Waals surface area contributed by atoms with Crippen LogP contribution in [0.2, 0.25) is 0 Å². The number of halogens is 2. The molecule has 2 aromatic rings. The number of allylic oxidation sites excluding steroid dienone is 2. The first-order valence-corrected chi connectivity index (χ1v) is 22.3. The van der Waals surface area contributed by atoms with Crippen LogP contribution in [0.1, 0.15) is 92.4 Å². The number of carbonyl (C=O) groups is 4. The number of anilines is 1. The third-order valence-electron chi connectivity index (χ3n) is 13.2. The van der Waals surface area contributed by atoms with Crippen LogP contribution in [0.3, 0.4) is 0 Å². The van der Waals surface area contributed by atoms with E-state index in [0.29, 0.717) is 56.8 Å². The van der Waals surface area contributed by atoms with E-state index in [-0.39, 0.29) is 43.5 Å². The van der Waals surface area contributed by atoms with Gasteiger partial charge >= 0.3 is 5.97 Å². The van der Waals surface area contributed by atoms with Crippen LogP contribution in [0, 0.1) is 29.1 Å². The highest BCUT2D eigenvalue weighted by molar-refractivity contribution is 7.90. The lowest BCUT2D eigenvalue weighted by Gasteiger charge is -2.34. The molecule has 0 unspecified atom stereocenters. The second-order valence-electron chi connectivity index (χ2n) is 18.2. The molecular formula is C43H56F2N4O9S. The Bertz CT molecular complexity index is 2140. The largest absolute Gasteiger partial charge is 0.489 e. The number of amides is 2. The summed E-state index contributed by atoms with van der Waals surface area (Å²) in [4.78, 5) is 65.0. The molecule has 2 aliphatic carbocycles. The number of ketones is 1. The summed E-state index contributed by atoms with van der Waals surface area (Å²) < 4.78 is 75.0. The van der Waals surface area contributed by atoms with Crippen LogP contribution >= 0.6 is 0 Å². The zero-order chi connectivity index (χ0) is 42.7. The Balaban J connectivity index is 1.23. The maximum absolute atomic E-state index is 15.0. The molecule has 16 heteroatoms. The number of ether oxygens (including phenoxy) is 3. The molecule has 1 saturated heterocycles. The van der Waals surface area contributed by atoms with Gasteiger partial charge in [-0.15, -0.1) is 0 Å². The number of benzene rings is 1. The predicted octanol–water partition coefficient (Wildman–Crippen LogP) is 5.98. The van der Waals surface area contributed by atoms with Gasteiger partial charge in [0.15, 0.2) is 17.1 Å². The molecule has 1 aromatic heterocycles. The number of fused-ring (bicyclic) bond motifs is 5. The van der Waals surface area contributed by atoms with Gasteiger partial charge in [-0.25, -0.2) is 22.2 Å². The van der Waals surface area contributed by atoms with Gasteiger partial charge in [-0.2, -0.15) is 0 Å². The van der Waals surface area contributed by atoms with Gasteiger partial charge in [-0.05, 0) is 88.3 Å². The molecule has 7 atom stereocenters. The zero-order valence-corrected chi connectivity index (χ0v) is 35.5. The van der Waals surface area contributed by atoms with Crippen molar-refractivity contribution < 1.29 is 50.6 Å². The van der Waals surface area contributed by atoms with Gasteiger partial charge in [0.25, 0.3) is 5.92 Å². The number of aromatic nitrogens is 1. The number of esters is 1. The summed E-state index contributed by atoms with van der Waals surface area (Å²) in [6.07, 6.45) is 6.97. The Morgan fingerprint density at radius 2 is 1.81 bits per heavy atom. The molecule has 7 rings (SSSR count). The van der Waals surface area contributed by atoms with E-state index in [1.807, 2.05) is 51.2 Å². The molecule has 59 heavy (non-hydrogen) atoms. The lowest BCUT2D eigenvalue weighted by molar-refractivity contribution is -0.197. The van der Waals surface area contributed by atoms with E-state index in [2.05, 4.69) is 14.6 Å². The Kier molecular flexibility index (Phi) is 11.5. The summed E-state index contributed by atoms with van der Waals surface area (Å²) in [5.41, 5.74) is -2.56. The number of pyridine rings is 1. The monoisotopic (exact) mass is 842 g/mol. The molecular weight excluding hydrogens is 787 g/mol. The molecule has 0 bridgehead atoms. The number of nitrogens with zero attached hydrogens (tertiary/aromatic N) is 3. The summed E-state index contributed by atoms with van der Waals surface area (Å²) in [6.45, 7) is 7.93. The topological polar surface area (TPSA) is 162 Å². The van der Waals surface area contributed by atoms with Crippen molar-refractivity contribution in [2.75, 3.05) is 31.6 Å². The summed E-state index contributed by atoms with van der Waals surface area (Å²) >= 11 is 0. The van der Waals surface area contributed by atoms with Crippen molar-refractivity contribution in [2.24, 2.45) is 29.1 Å². The maximum Gasteiger partial charge on any atom is 0.307 e. The third kappa shape index (κ3) is 8.79. The van der Waals surface area contributed by atoms with Crippen molar-refractivity contribution in [3.63, 3.8) is 0 Å². The number of rotatable bonds is 9. The van der Waals surface area contributed by atoms with Gasteiger partial charge in [0.1, 0.15) is 12.7 Å². The van der Waals surface area contributed by atoms with Crippen LogP contribution in [0.4, 0.5) is 14.5 Å². The van der Waals surface area contributed by atoms with Gasteiger partial charge in [0.2, 0.25) is 27.7 Å². The zero-order valence-electron chi connectivity index (χ0n) is 34.7. The number of carbonyl (C=O) groups excluding carboxylic acids is 4. The highest BCUT2D eigenvalue weighted by Crippen LogP contribution is 2.57. The lowest BCUT2D eigenvalue weighted by Crippen LogP contribution is -2.48. The minimum Gasteiger partial charge on any atom is -0.489 e. The first-order chi connectivity index (χ1) is 27.7. The van der Waals surface area contributed by atoms with E-state index in [0.717, 1.165) is 31.5 Å². The van der Waals surface area contributed by atoms with Crippen LogP contribution in [0.25, 0.3) is 10.8 Å². The van der Waals surface area contributed by atoms with Gasteiger partial charge in [0.05, 0.1) is 47.8 Å². The van der Waals surface area contributed by atoms with Crippen molar-refractivity contribution in [3.05, 3.63) is 36.5 Å². The van der Waals surface area contributed by atoms with Crippen molar-refractivity contribution >= 4 is 50.1 Å². The molecule has 0 radical (unpaired) electrons. The van der Waals surface area contributed by atoms with E-state index in [9.17, 15) is 36.4 Å². The predicted molar refractivity (Wildman–Crippen MR) is 216 cm³/mol. The molecule has 3 aliphatic heterocycles. The summed E-state index contributed by atoms with van der Waals surface area (Å²) in [7, 11) is -1.93. The van der Waals surface area contributed by atoms with Gasteiger partial charge in [0, 0.05) is 43.8 Å². The third-order valence-corrected chi connectivity index (χ3v) is 15.0. The molecule has 13 nitrogen and oxygen atoms in total. The van der Waals surface area contributed by atoms with E-state index >= 15 is 0 Å². The van der Waals surface area contributed by atoms with Crippen LogP contribution in [0.5, 0.6) is 11.6 Å². The summed E-state index contributed by atoms with van der Waals surface area (Å²) in [5.74, 6) is -6.82. The van der Waals surface area contributed by atoms with Crippen LogP contribution < -0.4 is 19.1 Å². The van der Waals surface area contributed by atoms with E-state index in [1.54, 1.807) is 6.20 Å². The fourth-order valence-electron chi connectivity index (χ4n) is 8.88. The lowest BCUT2D eigenvalue weighted by atomic mass is 9.82. The summed E-state index contributed by atoms with van der Waals surface area (Å²) in [5, 5.41) is 0.807. The van der Waals surface area contributed by atoms with Crippen LogP contribution in [-0.4, -0.2) is 97.5 Å². The molecule has 2 amide bonds. The quantitative estimate of drug-likeness (QED) is 0.234. The molecule has 1 aromatic carbocycles. The Labute approximate surface area is 344 Å². The molecule has 5 aliphatic rings. The number of likely N-dealkylation sites (N-methyl/N-ethyl adjacent to an activating group) is 1. The van der Waals surface area contributed by atoms with Crippen molar-refractivity contribution in [3.8, 4) is 11.6 Å². The number of Topliss-reactive ketones (excluding diaryl/α,β-unsaturated/α-hetero) is 1. The molecule has 1 N–H and O–H groups in total. The van der Waals surface area contributed by atoms with E-state index in [4.69, 9.17) is 14.2 Å². The molecule has 4 heterocycles. The van der Waals surface area contributed by atoms with Gasteiger partial charge in [-0.3, -0.25) is 23.9 Å². The van der Waals surface area contributed by atoms with Crippen LogP contribution in [0.15, 0.2) is 36.5 Å². The first kappa shape index (κ1) is 42.8. The van der Waals surface area contributed by atoms with E-state index < -0.39 is 86.2 Å². The Morgan fingerprint density at radius 3 is 2.53 bits per heavy atom. The summed E-state index contributed by atoms with van der Waals surface area (Å²) in [6, 6.07) is 4.54. The van der Waals surface area contributed by atoms with Crippen molar-refractivity contribution in [1.82, 2.24) is 14.6 Å². The maximum atomic E-state index is 15.0. The Hall–Kier alpha value is -4.34. The first-order valence-electron chi connectivity index (χ1n) is 20.8. The smallest absolute Gasteiger partial charge is 0.307 e. The number of alkyl halides is 2. The average Bonchev–Trinajstić information content (AvgIpc) is 4.08. The number of sulfonamides is 1.